The maximum absolute atomic E-state index is 13.5. The molecule has 1 fully saturated rings. The lowest BCUT2D eigenvalue weighted by Gasteiger charge is -2.28. The number of carbonyl (C=O) groups is 3. The van der Waals surface area contributed by atoms with Crippen LogP contribution >= 0.6 is 0 Å². The number of carboxylic acids is 1. The molecule has 0 aromatic heterocycles. The lowest BCUT2D eigenvalue weighted by Crippen LogP contribution is -2.54. The van der Waals surface area contributed by atoms with E-state index in [0.29, 0.717) is 18.5 Å². The number of hydrogen-bond acceptors (Lipinski definition) is 4. The Balaban J connectivity index is 1.18. The quantitative estimate of drug-likeness (QED) is 0.588. The van der Waals surface area contributed by atoms with Crippen LogP contribution in [0.3, 0.4) is 0 Å². The summed E-state index contributed by atoms with van der Waals surface area (Å²) in [5, 5.41) is 12.5. The highest BCUT2D eigenvalue weighted by molar-refractivity contribution is 6.09. The molecule has 7 nitrogen and oxygen atoms in total. The fourth-order valence-corrected chi connectivity index (χ4v) is 5.41. The van der Waals surface area contributed by atoms with Crippen molar-refractivity contribution in [1.29, 1.82) is 0 Å². The van der Waals surface area contributed by atoms with Crippen molar-refractivity contribution in [3.63, 3.8) is 0 Å². The normalized spacial score (nSPS) is 18.9. The van der Waals surface area contributed by atoms with Crippen molar-refractivity contribution in [2.45, 2.75) is 36.8 Å². The molecule has 0 radical (unpaired) electrons. The van der Waals surface area contributed by atoms with E-state index in [9.17, 15) is 19.5 Å². The van der Waals surface area contributed by atoms with Gasteiger partial charge in [0.1, 0.15) is 18.2 Å². The number of carboxylic acid groups (broad SMARTS) is 1. The van der Waals surface area contributed by atoms with Gasteiger partial charge in [0.2, 0.25) is 0 Å². The molecule has 0 unspecified atom stereocenters. The summed E-state index contributed by atoms with van der Waals surface area (Å²) in [6.07, 6.45) is 0.470. The molecule has 2 N–H and O–H groups in total. The zero-order valence-electron chi connectivity index (χ0n) is 18.9. The van der Waals surface area contributed by atoms with Crippen LogP contribution in [0.25, 0.3) is 11.1 Å². The Labute approximate surface area is 202 Å². The van der Waals surface area contributed by atoms with Gasteiger partial charge in [-0.25, -0.2) is 9.59 Å². The number of nitrogens with one attached hydrogen (secondary N) is 1. The SMILES string of the molecule is O=C(NC1(C(=O)N2c3ccccc3C[C@H]2C(=O)O)CC1)OCC1c2ccccc2-c2ccccc21. The largest absolute Gasteiger partial charge is 0.480 e. The van der Waals surface area contributed by atoms with Gasteiger partial charge in [0, 0.05) is 18.0 Å². The summed E-state index contributed by atoms with van der Waals surface area (Å²) >= 11 is 0. The highest BCUT2D eigenvalue weighted by Crippen LogP contribution is 2.45. The topological polar surface area (TPSA) is 95.9 Å². The van der Waals surface area contributed by atoms with Crippen molar-refractivity contribution in [2.24, 2.45) is 0 Å². The van der Waals surface area contributed by atoms with Crippen LogP contribution in [-0.2, 0) is 20.7 Å². The summed E-state index contributed by atoms with van der Waals surface area (Å²) in [4.78, 5) is 39.6. The number of alkyl carbamates (subject to hydrolysis) is 1. The van der Waals surface area contributed by atoms with Crippen LogP contribution in [-0.4, -0.2) is 41.3 Å². The first-order chi connectivity index (χ1) is 17.0. The van der Waals surface area contributed by atoms with Crippen LogP contribution in [0, 0.1) is 0 Å². The Morgan fingerprint density at radius 3 is 2.14 bits per heavy atom. The van der Waals surface area contributed by atoms with Crippen molar-refractivity contribution in [1.82, 2.24) is 5.32 Å². The highest BCUT2D eigenvalue weighted by atomic mass is 16.5. The van der Waals surface area contributed by atoms with E-state index in [2.05, 4.69) is 17.4 Å². The van der Waals surface area contributed by atoms with E-state index in [4.69, 9.17) is 4.74 Å². The Hall–Kier alpha value is -4.13. The molecule has 6 rings (SSSR count). The average molecular weight is 469 g/mol. The zero-order valence-corrected chi connectivity index (χ0v) is 18.9. The van der Waals surface area contributed by atoms with Gasteiger partial charge in [-0.3, -0.25) is 9.69 Å². The molecule has 1 atom stereocenters. The molecule has 1 heterocycles. The fraction of sp³-hybridized carbons (Fsp3) is 0.250. The molecule has 2 amide bonds. The monoisotopic (exact) mass is 468 g/mol. The van der Waals surface area contributed by atoms with E-state index in [0.717, 1.165) is 27.8 Å². The van der Waals surface area contributed by atoms with E-state index in [1.165, 1.54) is 4.90 Å². The fourth-order valence-electron chi connectivity index (χ4n) is 5.41. The third kappa shape index (κ3) is 3.46. The van der Waals surface area contributed by atoms with E-state index < -0.39 is 29.6 Å². The molecule has 0 spiro atoms. The number of fused-ring (bicyclic) bond motifs is 4. The molecule has 7 heteroatoms. The van der Waals surface area contributed by atoms with Gasteiger partial charge in [-0.2, -0.15) is 0 Å². The van der Waals surface area contributed by atoms with Gasteiger partial charge in [0.25, 0.3) is 5.91 Å². The number of para-hydroxylation sites is 1. The molecule has 3 aliphatic rings. The van der Waals surface area contributed by atoms with Crippen LogP contribution in [0.1, 0.15) is 35.4 Å². The number of nitrogens with zero attached hydrogens (tertiary/aromatic N) is 1. The summed E-state index contributed by atoms with van der Waals surface area (Å²) in [6.45, 7) is 0.147. The van der Waals surface area contributed by atoms with E-state index in [1.807, 2.05) is 48.5 Å². The first kappa shape index (κ1) is 21.4. The van der Waals surface area contributed by atoms with Crippen LogP contribution in [0.15, 0.2) is 72.8 Å². The smallest absolute Gasteiger partial charge is 0.408 e. The number of aliphatic carboxylic acids is 1. The maximum Gasteiger partial charge on any atom is 0.408 e. The Kier molecular flexibility index (Phi) is 4.88. The highest BCUT2D eigenvalue weighted by Gasteiger charge is 2.56. The predicted molar refractivity (Wildman–Crippen MR) is 129 cm³/mol. The second-order valence-corrected chi connectivity index (χ2v) is 9.39. The van der Waals surface area contributed by atoms with Gasteiger partial charge in [-0.15, -0.1) is 0 Å². The van der Waals surface area contributed by atoms with Gasteiger partial charge in [0.05, 0.1) is 0 Å². The summed E-state index contributed by atoms with van der Waals surface area (Å²) in [5.41, 5.74) is 4.76. The number of carbonyl (C=O) groups excluding carboxylic acids is 2. The second-order valence-electron chi connectivity index (χ2n) is 9.39. The van der Waals surface area contributed by atoms with Crippen LogP contribution in [0.5, 0.6) is 0 Å². The van der Waals surface area contributed by atoms with Crippen LogP contribution < -0.4 is 10.2 Å². The minimum absolute atomic E-state index is 0.0825. The first-order valence-electron chi connectivity index (χ1n) is 11.8. The van der Waals surface area contributed by atoms with Crippen LogP contribution in [0.4, 0.5) is 10.5 Å². The molecule has 1 saturated carbocycles. The van der Waals surface area contributed by atoms with Gasteiger partial charge in [0.15, 0.2) is 0 Å². The zero-order chi connectivity index (χ0) is 24.2. The number of hydrogen-bond donors (Lipinski definition) is 2. The van der Waals surface area contributed by atoms with Crippen molar-refractivity contribution < 1.29 is 24.2 Å². The van der Waals surface area contributed by atoms with Crippen LogP contribution in [0.2, 0.25) is 0 Å². The number of anilines is 1. The van der Waals surface area contributed by atoms with Gasteiger partial charge in [-0.1, -0.05) is 66.7 Å². The number of benzene rings is 3. The van der Waals surface area contributed by atoms with Gasteiger partial charge >= 0.3 is 12.1 Å². The standard InChI is InChI=1S/C28H24N2O5/c31-25(32)24-15-17-7-1-6-12-23(17)30(24)26(33)28(13-14-28)29-27(34)35-16-22-20-10-4-2-8-18(20)19-9-3-5-11-21(19)22/h1-12,22,24H,13-16H2,(H,29,34)(H,31,32)/t24-/m0/s1. The minimum Gasteiger partial charge on any atom is -0.480 e. The summed E-state index contributed by atoms with van der Waals surface area (Å²) in [5.74, 6) is -1.55. The molecule has 176 valence electrons. The first-order valence-corrected chi connectivity index (χ1v) is 11.8. The number of amides is 2. The predicted octanol–water partition coefficient (Wildman–Crippen LogP) is 4.10. The van der Waals surface area contributed by atoms with Crippen molar-refractivity contribution in [3.05, 3.63) is 89.5 Å². The Bertz CT molecular complexity index is 1320. The van der Waals surface area contributed by atoms with E-state index in [1.54, 1.807) is 12.1 Å². The molecule has 3 aromatic carbocycles. The molecule has 0 bridgehead atoms. The molecule has 35 heavy (non-hydrogen) atoms. The third-order valence-electron chi connectivity index (χ3n) is 7.32. The molecule has 1 aliphatic heterocycles. The second kappa shape index (κ2) is 7.98. The summed E-state index contributed by atoms with van der Waals surface area (Å²) in [6, 6.07) is 22.4. The lowest BCUT2D eigenvalue weighted by molar-refractivity contribution is -0.140. The molecule has 0 saturated heterocycles. The van der Waals surface area contributed by atoms with Gasteiger partial charge < -0.3 is 15.2 Å². The number of ether oxygens (including phenoxy) is 1. The summed E-state index contributed by atoms with van der Waals surface area (Å²) in [7, 11) is 0. The molecular weight excluding hydrogens is 444 g/mol. The lowest BCUT2D eigenvalue weighted by atomic mass is 9.98. The number of rotatable bonds is 5. The van der Waals surface area contributed by atoms with E-state index >= 15 is 0 Å². The maximum atomic E-state index is 13.5. The summed E-state index contributed by atoms with van der Waals surface area (Å²) < 4.78 is 5.63. The molecule has 2 aliphatic carbocycles. The Morgan fingerprint density at radius 1 is 0.914 bits per heavy atom. The van der Waals surface area contributed by atoms with E-state index in [-0.39, 0.29) is 18.9 Å². The third-order valence-corrected chi connectivity index (χ3v) is 7.32. The van der Waals surface area contributed by atoms with Crippen molar-refractivity contribution >= 4 is 23.7 Å². The molecule has 3 aromatic rings. The van der Waals surface area contributed by atoms with Crippen molar-refractivity contribution in [2.75, 3.05) is 11.5 Å². The Morgan fingerprint density at radius 2 is 1.51 bits per heavy atom. The van der Waals surface area contributed by atoms with Crippen molar-refractivity contribution in [3.8, 4) is 11.1 Å². The molecular formula is C28H24N2O5. The average Bonchev–Trinajstić information content (AvgIpc) is 3.43. The van der Waals surface area contributed by atoms with Gasteiger partial charge in [-0.05, 0) is 46.7 Å². The minimum atomic E-state index is -1.13.